The number of fused-ring (bicyclic) bond motifs is 1. The Hall–Kier alpha value is -1.43. The van der Waals surface area contributed by atoms with E-state index in [0.29, 0.717) is 18.1 Å². The largest absolute Gasteiger partial charge is 0.457 e. The van der Waals surface area contributed by atoms with E-state index in [0.717, 1.165) is 50.3 Å². The van der Waals surface area contributed by atoms with Crippen LogP contribution in [0.3, 0.4) is 0 Å². The first-order valence-corrected chi connectivity index (χ1v) is 9.87. The molecule has 1 spiro atoms. The van der Waals surface area contributed by atoms with Crippen molar-refractivity contribution in [3.8, 4) is 0 Å². The van der Waals surface area contributed by atoms with Crippen molar-refractivity contribution in [1.29, 1.82) is 0 Å². The fourth-order valence-electron chi connectivity index (χ4n) is 5.02. The molecule has 0 bridgehead atoms. The Morgan fingerprint density at radius 1 is 1.31 bits per heavy atom. The maximum Gasteiger partial charge on any atom is 0.338 e. The van der Waals surface area contributed by atoms with Crippen molar-refractivity contribution in [2.45, 2.75) is 45.3 Å². The Morgan fingerprint density at radius 3 is 2.88 bits per heavy atom. The average molecular weight is 358 g/mol. The molecule has 0 aliphatic carbocycles. The van der Waals surface area contributed by atoms with E-state index in [1.807, 2.05) is 13.2 Å². The Labute approximate surface area is 156 Å². The van der Waals surface area contributed by atoms with Crippen LogP contribution in [-0.2, 0) is 22.5 Å². The Balaban J connectivity index is 1.35. The molecule has 2 fully saturated rings. The quantitative estimate of drug-likeness (QED) is 0.837. The van der Waals surface area contributed by atoms with Crippen LogP contribution in [0.15, 0.2) is 12.1 Å². The number of rotatable bonds is 4. The van der Waals surface area contributed by atoms with Crippen LogP contribution in [-0.4, -0.2) is 56.8 Å². The van der Waals surface area contributed by atoms with E-state index < -0.39 is 0 Å². The Bertz CT molecular complexity index is 680. The standard InChI is InChI=1S/C21H30N2O3/c1-15-16(3-4-17-18(15)14-26-20(17)24)5-10-23-11-7-21(8-12-23)6-9-22-13-19(21)25-2/h3-4,19,22H,5-14H2,1-2H3. The number of likely N-dealkylation sites (tertiary alicyclic amines) is 1. The predicted molar refractivity (Wildman–Crippen MR) is 100 cm³/mol. The number of piperidine rings is 2. The summed E-state index contributed by atoms with van der Waals surface area (Å²) in [5.74, 6) is -0.175. The van der Waals surface area contributed by atoms with Crippen LogP contribution >= 0.6 is 0 Å². The summed E-state index contributed by atoms with van der Waals surface area (Å²) in [7, 11) is 1.86. The van der Waals surface area contributed by atoms with Gasteiger partial charge < -0.3 is 19.7 Å². The predicted octanol–water partition coefficient (Wildman–Crippen LogP) is 2.30. The Kier molecular flexibility index (Phi) is 5.04. The summed E-state index contributed by atoms with van der Waals surface area (Å²) < 4.78 is 11.0. The van der Waals surface area contributed by atoms with Crippen molar-refractivity contribution in [3.63, 3.8) is 0 Å². The molecule has 3 aliphatic heterocycles. The molecule has 5 heteroatoms. The molecule has 2 saturated heterocycles. The highest BCUT2D eigenvalue weighted by Crippen LogP contribution is 2.41. The van der Waals surface area contributed by atoms with Crippen LogP contribution in [0.5, 0.6) is 0 Å². The maximum atomic E-state index is 11.7. The van der Waals surface area contributed by atoms with E-state index in [9.17, 15) is 4.79 Å². The van der Waals surface area contributed by atoms with E-state index in [4.69, 9.17) is 9.47 Å². The molecule has 1 aromatic carbocycles. The van der Waals surface area contributed by atoms with Crippen molar-refractivity contribution < 1.29 is 14.3 Å². The maximum absolute atomic E-state index is 11.7. The van der Waals surface area contributed by atoms with Crippen molar-refractivity contribution >= 4 is 5.97 Å². The third-order valence-corrected chi connectivity index (χ3v) is 6.92. The average Bonchev–Trinajstić information content (AvgIpc) is 3.05. The van der Waals surface area contributed by atoms with E-state index in [1.54, 1.807) is 0 Å². The highest BCUT2D eigenvalue weighted by Gasteiger charge is 2.43. The third kappa shape index (κ3) is 3.17. The van der Waals surface area contributed by atoms with Gasteiger partial charge in [-0.15, -0.1) is 0 Å². The highest BCUT2D eigenvalue weighted by molar-refractivity contribution is 5.93. The van der Waals surface area contributed by atoms with Gasteiger partial charge in [0.25, 0.3) is 0 Å². The number of esters is 1. The van der Waals surface area contributed by atoms with Crippen LogP contribution in [0.4, 0.5) is 0 Å². The van der Waals surface area contributed by atoms with Gasteiger partial charge in [-0.1, -0.05) is 6.07 Å². The van der Waals surface area contributed by atoms with Gasteiger partial charge in [0.05, 0.1) is 11.7 Å². The Morgan fingerprint density at radius 2 is 2.12 bits per heavy atom. The first-order valence-electron chi connectivity index (χ1n) is 9.87. The molecule has 26 heavy (non-hydrogen) atoms. The summed E-state index contributed by atoms with van der Waals surface area (Å²) in [5, 5.41) is 3.47. The lowest BCUT2D eigenvalue weighted by atomic mass is 9.69. The zero-order valence-corrected chi connectivity index (χ0v) is 16.0. The van der Waals surface area contributed by atoms with Gasteiger partial charge in [-0.05, 0) is 69.4 Å². The molecule has 4 rings (SSSR count). The number of ether oxygens (including phenoxy) is 2. The number of nitrogens with one attached hydrogen (secondary N) is 1. The van der Waals surface area contributed by atoms with Gasteiger partial charge in [0.15, 0.2) is 0 Å². The molecule has 1 aromatic rings. The summed E-state index contributed by atoms with van der Waals surface area (Å²) in [6.07, 6.45) is 5.10. The second kappa shape index (κ2) is 7.29. The number of benzene rings is 1. The SMILES string of the molecule is COC1CNCCC12CCN(CCc1ccc3c(c1C)COC3=O)CC2. The third-order valence-electron chi connectivity index (χ3n) is 6.92. The minimum absolute atomic E-state index is 0.175. The van der Waals surface area contributed by atoms with Crippen molar-refractivity contribution in [2.75, 3.05) is 39.8 Å². The zero-order chi connectivity index (χ0) is 18.1. The fourth-order valence-corrected chi connectivity index (χ4v) is 5.02. The number of carbonyl (C=O) groups excluding carboxylic acids is 1. The van der Waals surface area contributed by atoms with Gasteiger partial charge in [-0.2, -0.15) is 0 Å². The first kappa shape index (κ1) is 18.0. The van der Waals surface area contributed by atoms with Crippen molar-refractivity contribution in [1.82, 2.24) is 10.2 Å². The number of methoxy groups -OCH3 is 1. The molecule has 3 heterocycles. The summed E-state index contributed by atoms with van der Waals surface area (Å²) in [5.41, 5.74) is 4.79. The smallest absolute Gasteiger partial charge is 0.338 e. The topological polar surface area (TPSA) is 50.8 Å². The van der Waals surface area contributed by atoms with Gasteiger partial charge in [0.2, 0.25) is 0 Å². The minimum atomic E-state index is -0.175. The molecule has 0 aromatic heterocycles. The number of hydrogen-bond acceptors (Lipinski definition) is 5. The van der Waals surface area contributed by atoms with Crippen molar-refractivity contribution in [2.24, 2.45) is 5.41 Å². The normalized spacial score (nSPS) is 25.3. The summed E-state index contributed by atoms with van der Waals surface area (Å²) in [6, 6.07) is 4.05. The van der Waals surface area contributed by atoms with E-state index in [1.165, 1.54) is 30.4 Å². The molecular weight excluding hydrogens is 328 g/mol. The zero-order valence-electron chi connectivity index (χ0n) is 16.0. The van der Waals surface area contributed by atoms with Crippen molar-refractivity contribution in [3.05, 3.63) is 34.4 Å². The van der Waals surface area contributed by atoms with Crippen LogP contribution in [0.1, 0.15) is 46.3 Å². The van der Waals surface area contributed by atoms with Gasteiger partial charge in [0.1, 0.15) is 6.61 Å². The summed E-state index contributed by atoms with van der Waals surface area (Å²) in [4.78, 5) is 14.3. The summed E-state index contributed by atoms with van der Waals surface area (Å²) >= 11 is 0. The number of carbonyl (C=O) groups is 1. The van der Waals surface area contributed by atoms with Crippen LogP contribution < -0.4 is 5.32 Å². The number of nitrogens with zero attached hydrogens (tertiary/aromatic N) is 1. The number of cyclic esters (lactones) is 1. The van der Waals surface area contributed by atoms with Crippen LogP contribution in [0, 0.1) is 12.3 Å². The van der Waals surface area contributed by atoms with Gasteiger partial charge in [-0.25, -0.2) is 4.79 Å². The highest BCUT2D eigenvalue weighted by atomic mass is 16.5. The second-order valence-corrected chi connectivity index (χ2v) is 8.08. The second-order valence-electron chi connectivity index (χ2n) is 8.08. The van der Waals surface area contributed by atoms with E-state index in [-0.39, 0.29) is 5.97 Å². The van der Waals surface area contributed by atoms with E-state index in [2.05, 4.69) is 23.2 Å². The molecule has 0 saturated carbocycles. The van der Waals surface area contributed by atoms with Crippen LogP contribution in [0.2, 0.25) is 0 Å². The van der Waals surface area contributed by atoms with Gasteiger partial charge >= 0.3 is 5.97 Å². The molecule has 5 nitrogen and oxygen atoms in total. The molecule has 0 amide bonds. The number of hydrogen-bond donors (Lipinski definition) is 1. The molecule has 1 atom stereocenters. The molecular formula is C21H30N2O3. The lowest BCUT2D eigenvalue weighted by Crippen LogP contribution is -2.54. The molecule has 142 valence electrons. The van der Waals surface area contributed by atoms with Gasteiger partial charge in [0, 0.05) is 31.2 Å². The molecule has 3 aliphatic rings. The fraction of sp³-hybridized carbons (Fsp3) is 0.667. The first-order chi connectivity index (χ1) is 12.6. The lowest BCUT2D eigenvalue weighted by Gasteiger charge is -2.48. The monoisotopic (exact) mass is 358 g/mol. The summed E-state index contributed by atoms with van der Waals surface area (Å²) in [6.45, 7) is 8.07. The van der Waals surface area contributed by atoms with Gasteiger partial charge in [-0.3, -0.25) is 0 Å². The molecule has 1 N–H and O–H groups in total. The lowest BCUT2D eigenvalue weighted by molar-refractivity contribution is -0.0664. The molecule has 1 unspecified atom stereocenters. The van der Waals surface area contributed by atoms with Crippen LogP contribution in [0.25, 0.3) is 0 Å². The molecule has 0 radical (unpaired) electrons. The minimum Gasteiger partial charge on any atom is -0.457 e. The van der Waals surface area contributed by atoms with E-state index >= 15 is 0 Å².